The van der Waals surface area contributed by atoms with Crippen molar-refractivity contribution in [2.75, 3.05) is 19.6 Å². The van der Waals surface area contributed by atoms with Crippen LogP contribution in [-0.2, 0) is 4.79 Å². The number of aliphatic hydroxyl groups is 1. The number of carbonyl (C=O) groups is 2. The Balaban J connectivity index is 1.56. The fraction of sp³-hybridized carbons (Fsp3) is 0.263. The largest absolute Gasteiger partial charge is 0.391 e. The smallest absolute Gasteiger partial charge is 0.251 e. The number of likely N-dealkylation sites (tertiary alicyclic amines) is 1. The maximum Gasteiger partial charge on any atom is 0.251 e. The van der Waals surface area contributed by atoms with Gasteiger partial charge in [0.15, 0.2) is 0 Å². The Morgan fingerprint density at radius 3 is 2.33 bits per heavy atom. The zero-order valence-corrected chi connectivity index (χ0v) is 13.3. The molecule has 2 N–H and O–H groups in total. The third-order valence-electron chi connectivity index (χ3n) is 4.17. The van der Waals surface area contributed by atoms with E-state index in [1.54, 1.807) is 17.0 Å². The van der Waals surface area contributed by atoms with Crippen LogP contribution in [0.4, 0.5) is 0 Å². The third-order valence-corrected chi connectivity index (χ3v) is 4.17. The highest BCUT2D eigenvalue weighted by molar-refractivity contribution is 5.96. The van der Waals surface area contributed by atoms with Crippen molar-refractivity contribution in [1.82, 2.24) is 10.2 Å². The molecule has 0 spiro atoms. The summed E-state index contributed by atoms with van der Waals surface area (Å²) >= 11 is 0. The topological polar surface area (TPSA) is 69.6 Å². The van der Waals surface area contributed by atoms with Gasteiger partial charge in [-0.05, 0) is 29.7 Å². The van der Waals surface area contributed by atoms with Crippen LogP contribution in [0, 0.1) is 0 Å². The molecule has 1 atom stereocenters. The molecule has 0 aromatic heterocycles. The van der Waals surface area contributed by atoms with E-state index in [9.17, 15) is 14.7 Å². The number of hydrogen-bond acceptors (Lipinski definition) is 3. The van der Waals surface area contributed by atoms with E-state index in [1.807, 2.05) is 42.5 Å². The van der Waals surface area contributed by atoms with E-state index in [0.29, 0.717) is 25.1 Å². The second-order valence-electron chi connectivity index (χ2n) is 5.91. The van der Waals surface area contributed by atoms with E-state index in [1.165, 1.54) is 0 Å². The highest BCUT2D eigenvalue weighted by atomic mass is 16.3. The maximum absolute atomic E-state index is 12.1. The Kier molecular flexibility index (Phi) is 4.91. The molecule has 0 aliphatic carbocycles. The summed E-state index contributed by atoms with van der Waals surface area (Å²) in [6, 6.07) is 17.2. The van der Waals surface area contributed by atoms with E-state index in [2.05, 4.69) is 5.32 Å². The predicted molar refractivity (Wildman–Crippen MR) is 91.4 cm³/mol. The third kappa shape index (κ3) is 3.81. The predicted octanol–water partition coefficient (Wildman–Crippen LogP) is 1.68. The first kappa shape index (κ1) is 16.2. The van der Waals surface area contributed by atoms with Crippen molar-refractivity contribution < 1.29 is 14.7 Å². The van der Waals surface area contributed by atoms with Gasteiger partial charge in [0.05, 0.1) is 12.6 Å². The number of nitrogens with one attached hydrogen (secondary N) is 1. The van der Waals surface area contributed by atoms with Crippen LogP contribution in [0.3, 0.4) is 0 Å². The van der Waals surface area contributed by atoms with Crippen LogP contribution in [0.2, 0.25) is 0 Å². The molecule has 0 unspecified atom stereocenters. The minimum absolute atomic E-state index is 0.0496. The van der Waals surface area contributed by atoms with Gasteiger partial charge in [0.25, 0.3) is 5.91 Å². The summed E-state index contributed by atoms with van der Waals surface area (Å²) in [4.78, 5) is 25.7. The summed E-state index contributed by atoms with van der Waals surface area (Å²) < 4.78 is 0. The molecule has 1 fully saturated rings. The lowest BCUT2D eigenvalue weighted by Gasteiger charge is -2.15. The molecule has 0 saturated carbocycles. The molecule has 2 aromatic rings. The number of amides is 2. The van der Waals surface area contributed by atoms with Gasteiger partial charge < -0.3 is 15.3 Å². The van der Waals surface area contributed by atoms with E-state index >= 15 is 0 Å². The second-order valence-corrected chi connectivity index (χ2v) is 5.91. The zero-order chi connectivity index (χ0) is 16.9. The Hall–Kier alpha value is -2.66. The first-order chi connectivity index (χ1) is 11.6. The monoisotopic (exact) mass is 324 g/mol. The Labute approximate surface area is 140 Å². The number of β-amino-alcohol motifs (C(OH)–C–C–N with tert-alkyl or cyclic N) is 1. The van der Waals surface area contributed by atoms with E-state index in [4.69, 9.17) is 0 Å². The van der Waals surface area contributed by atoms with Crippen LogP contribution >= 0.6 is 0 Å². The van der Waals surface area contributed by atoms with Gasteiger partial charge in [-0.3, -0.25) is 9.59 Å². The van der Waals surface area contributed by atoms with Crippen LogP contribution < -0.4 is 5.32 Å². The van der Waals surface area contributed by atoms with Crippen molar-refractivity contribution in [2.45, 2.75) is 12.5 Å². The molecule has 0 radical (unpaired) electrons. The summed E-state index contributed by atoms with van der Waals surface area (Å²) in [5.74, 6) is -0.441. The molecule has 1 aliphatic rings. The van der Waals surface area contributed by atoms with Gasteiger partial charge in [-0.15, -0.1) is 0 Å². The lowest BCUT2D eigenvalue weighted by molar-refractivity contribution is -0.129. The average Bonchev–Trinajstić information content (AvgIpc) is 3.07. The van der Waals surface area contributed by atoms with E-state index in [-0.39, 0.29) is 18.4 Å². The number of carbonyl (C=O) groups excluding carboxylic acids is 2. The molecule has 1 aliphatic heterocycles. The van der Waals surface area contributed by atoms with Crippen molar-refractivity contribution in [3.05, 3.63) is 60.2 Å². The Morgan fingerprint density at radius 2 is 1.71 bits per heavy atom. The molecule has 1 heterocycles. The van der Waals surface area contributed by atoms with E-state index in [0.717, 1.165) is 11.1 Å². The van der Waals surface area contributed by atoms with Crippen LogP contribution in [-0.4, -0.2) is 47.6 Å². The number of hydrogen-bond donors (Lipinski definition) is 2. The molecule has 5 nitrogen and oxygen atoms in total. The lowest BCUT2D eigenvalue weighted by atomic mass is 10.0. The minimum atomic E-state index is -0.449. The van der Waals surface area contributed by atoms with Crippen molar-refractivity contribution in [3.8, 4) is 11.1 Å². The molecule has 5 heteroatoms. The second kappa shape index (κ2) is 7.27. The molecule has 1 saturated heterocycles. The summed E-state index contributed by atoms with van der Waals surface area (Å²) in [5, 5.41) is 12.1. The standard InChI is InChI=1S/C19H20N2O3/c22-17-10-11-21(13-17)18(23)12-20-19(24)16-8-6-15(7-9-16)14-4-2-1-3-5-14/h1-9,17,22H,10-13H2,(H,20,24)/t17-/m1/s1. The van der Waals surface area contributed by atoms with Crippen molar-refractivity contribution in [2.24, 2.45) is 0 Å². The lowest BCUT2D eigenvalue weighted by Crippen LogP contribution is -2.39. The fourth-order valence-corrected chi connectivity index (χ4v) is 2.78. The van der Waals surface area contributed by atoms with Gasteiger partial charge >= 0.3 is 0 Å². The molecule has 124 valence electrons. The summed E-state index contributed by atoms with van der Waals surface area (Å²) in [6.07, 6.45) is 0.149. The van der Waals surface area contributed by atoms with Crippen LogP contribution in [0.15, 0.2) is 54.6 Å². The number of aliphatic hydroxyl groups excluding tert-OH is 1. The highest BCUT2D eigenvalue weighted by Crippen LogP contribution is 2.19. The van der Waals surface area contributed by atoms with Crippen molar-refractivity contribution in [1.29, 1.82) is 0 Å². The van der Waals surface area contributed by atoms with Gasteiger partial charge in [0.2, 0.25) is 5.91 Å². The van der Waals surface area contributed by atoms with Gasteiger partial charge in [-0.1, -0.05) is 42.5 Å². The molecule has 24 heavy (non-hydrogen) atoms. The molecule has 2 aromatic carbocycles. The van der Waals surface area contributed by atoms with Gasteiger partial charge in [0.1, 0.15) is 0 Å². The summed E-state index contributed by atoms with van der Waals surface area (Å²) in [7, 11) is 0. The SMILES string of the molecule is O=C(NCC(=O)N1CC[C@@H](O)C1)c1ccc(-c2ccccc2)cc1. The first-order valence-corrected chi connectivity index (χ1v) is 8.03. The normalized spacial score (nSPS) is 16.9. The number of rotatable bonds is 4. The highest BCUT2D eigenvalue weighted by Gasteiger charge is 2.24. The Bertz CT molecular complexity index is 713. The average molecular weight is 324 g/mol. The molecule has 2 amide bonds. The fourth-order valence-electron chi connectivity index (χ4n) is 2.78. The van der Waals surface area contributed by atoms with Crippen LogP contribution in [0.25, 0.3) is 11.1 Å². The van der Waals surface area contributed by atoms with Gasteiger partial charge in [-0.25, -0.2) is 0 Å². The van der Waals surface area contributed by atoms with Crippen LogP contribution in [0.1, 0.15) is 16.8 Å². The van der Waals surface area contributed by atoms with Gasteiger partial charge in [-0.2, -0.15) is 0 Å². The summed E-state index contributed by atoms with van der Waals surface area (Å²) in [5.41, 5.74) is 2.64. The molecule has 3 rings (SSSR count). The molecular weight excluding hydrogens is 304 g/mol. The van der Waals surface area contributed by atoms with Crippen molar-refractivity contribution >= 4 is 11.8 Å². The molecule has 0 bridgehead atoms. The van der Waals surface area contributed by atoms with Crippen molar-refractivity contribution in [3.63, 3.8) is 0 Å². The quantitative estimate of drug-likeness (QED) is 0.899. The minimum Gasteiger partial charge on any atom is -0.391 e. The van der Waals surface area contributed by atoms with E-state index < -0.39 is 6.10 Å². The molecular formula is C19H20N2O3. The van der Waals surface area contributed by atoms with Gasteiger partial charge in [0, 0.05) is 18.7 Å². The van der Waals surface area contributed by atoms with Crippen LogP contribution in [0.5, 0.6) is 0 Å². The summed E-state index contributed by atoms with van der Waals surface area (Å²) in [6.45, 7) is 0.841. The Morgan fingerprint density at radius 1 is 1.04 bits per heavy atom. The maximum atomic E-state index is 12.1. The number of nitrogens with zero attached hydrogens (tertiary/aromatic N) is 1. The first-order valence-electron chi connectivity index (χ1n) is 8.03. The zero-order valence-electron chi connectivity index (χ0n) is 13.3. The number of benzene rings is 2.